The van der Waals surface area contributed by atoms with E-state index >= 15 is 0 Å². The highest BCUT2D eigenvalue weighted by Gasteiger charge is 2.20. The van der Waals surface area contributed by atoms with E-state index in [1.54, 1.807) is 13.0 Å². The fourth-order valence-corrected chi connectivity index (χ4v) is 3.53. The van der Waals surface area contributed by atoms with Crippen molar-refractivity contribution in [2.24, 2.45) is 5.92 Å². The topological polar surface area (TPSA) is 18.5 Å². The average Bonchev–Trinajstić information content (AvgIpc) is 2.72. The Morgan fingerprint density at radius 3 is 2.00 bits per heavy atom. The molecule has 0 amide bonds. The van der Waals surface area contributed by atoms with Crippen molar-refractivity contribution in [1.29, 1.82) is 0 Å². The lowest BCUT2D eigenvalue weighted by molar-refractivity contribution is -0.202. The molecule has 4 heteroatoms. The summed E-state index contributed by atoms with van der Waals surface area (Å²) in [4.78, 5) is 0. The zero-order chi connectivity index (χ0) is 20.5. The van der Waals surface area contributed by atoms with Crippen molar-refractivity contribution in [2.45, 2.75) is 27.1 Å². The summed E-state index contributed by atoms with van der Waals surface area (Å²) in [5.74, 6) is -0.291. The van der Waals surface area contributed by atoms with Crippen LogP contribution in [0, 0.1) is 31.4 Å². The van der Waals surface area contributed by atoms with E-state index in [9.17, 15) is 8.78 Å². The lowest BCUT2D eigenvalue weighted by atomic mass is 9.96. The first kappa shape index (κ1) is 19.7. The van der Waals surface area contributed by atoms with Gasteiger partial charge in [0.25, 0.3) is 0 Å². The molecule has 2 nitrogen and oxygen atoms in total. The highest BCUT2D eigenvalue weighted by atomic mass is 19.1. The molecule has 3 aromatic carbocycles. The number of hydrogen-bond donors (Lipinski definition) is 0. The van der Waals surface area contributed by atoms with Crippen LogP contribution in [0.3, 0.4) is 0 Å². The van der Waals surface area contributed by atoms with E-state index in [2.05, 4.69) is 6.92 Å². The van der Waals surface area contributed by atoms with Crippen molar-refractivity contribution < 1.29 is 18.3 Å². The molecule has 0 unspecified atom stereocenters. The summed E-state index contributed by atoms with van der Waals surface area (Å²) in [5, 5.41) is 0. The maximum atomic E-state index is 14.8. The smallest absolute Gasteiger partial charge is 0.183 e. The van der Waals surface area contributed by atoms with Gasteiger partial charge in [-0.05, 0) is 53.8 Å². The van der Waals surface area contributed by atoms with Crippen LogP contribution in [-0.4, -0.2) is 13.2 Å². The first-order valence-corrected chi connectivity index (χ1v) is 9.82. The minimum absolute atomic E-state index is 0.319. The first-order valence-electron chi connectivity index (χ1n) is 9.82. The van der Waals surface area contributed by atoms with Crippen LogP contribution in [0.25, 0.3) is 22.3 Å². The molecule has 1 fully saturated rings. The van der Waals surface area contributed by atoms with Gasteiger partial charge in [-0.1, -0.05) is 49.4 Å². The van der Waals surface area contributed by atoms with Gasteiger partial charge < -0.3 is 9.47 Å². The average molecular weight is 394 g/mol. The minimum atomic E-state index is -0.373. The molecule has 0 aliphatic carbocycles. The molecule has 0 radical (unpaired) electrons. The molecule has 1 aliphatic heterocycles. The second kappa shape index (κ2) is 8.05. The van der Waals surface area contributed by atoms with E-state index in [0.717, 1.165) is 22.3 Å². The minimum Gasteiger partial charge on any atom is -0.348 e. The van der Waals surface area contributed by atoms with Crippen molar-refractivity contribution in [3.8, 4) is 22.3 Å². The maximum absolute atomic E-state index is 14.8. The molecule has 3 aromatic rings. The summed E-state index contributed by atoms with van der Waals surface area (Å²) in [5.41, 5.74) is 4.95. The summed E-state index contributed by atoms with van der Waals surface area (Å²) in [6, 6.07) is 16.0. The van der Waals surface area contributed by atoms with E-state index in [4.69, 9.17) is 9.47 Å². The van der Waals surface area contributed by atoms with Gasteiger partial charge in [-0.25, -0.2) is 8.78 Å². The van der Waals surface area contributed by atoms with Crippen LogP contribution in [0.15, 0.2) is 54.6 Å². The van der Waals surface area contributed by atoms with Crippen LogP contribution in [0.5, 0.6) is 0 Å². The van der Waals surface area contributed by atoms with Crippen molar-refractivity contribution in [3.63, 3.8) is 0 Å². The highest BCUT2D eigenvalue weighted by Crippen LogP contribution is 2.31. The Hall–Kier alpha value is -2.56. The van der Waals surface area contributed by atoms with Crippen LogP contribution in [0.4, 0.5) is 8.78 Å². The van der Waals surface area contributed by atoms with E-state index in [0.29, 0.717) is 35.8 Å². The molecule has 0 saturated carbocycles. The van der Waals surface area contributed by atoms with Gasteiger partial charge in [-0.2, -0.15) is 0 Å². The first-order chi connectivity index (χ1) is 13.9. The third-order valence-electron chi connectivity index (χ3n) is 5.46. The number of rotatable bonds is 3. The highest BCUT2D eigenvalue weighted by molar-refractivity contribution is 5.72. The van der Waals surface area contributed by atoms with Gasteiger partial charge in [0.15, 0.2) is 6.29 Å². The molecule has 0 aromatic heterocycles. The number of benzene rings is 3. The Labute approximate surface area is 170 Å². The number of hydrogen-bond acceptors (Lipinski definition) is 2. The summed E-state index contributed by atoms with van der Waals surface area (Å²) in [7, 11) is 0. The standard InChI is InChI=1S/C25H24F2O2/c1-15-13-28-25(29-14-15)19-6-4-18(5-7-19)20-8-9-22(24(27)11-20)21-10-16(2)17(3)23(26)12-21/h4-12,15,25H,13-14H2,1-3H3. The monoisotopic (exact) mass is 394 g/mol. The van der Waals surface area contributed by atoms with Crippen LogP contribution in [0.1, 0.15) is 29.9 Å². The van der Waals surface area contributed by atoms with Gasteiger partial charge in [0, 0.05) is 17.0 Å². The van der Waals surface area contributed by atoms with Crippen molar-refractivity contribution >= 4 is 0 Å². The lowest BCUT2D eigenvalue weighted by Gasteiger charge is -2.27. The zero-order valence-corrected chi connectivity index (χ0v) is 16.8. The zero-order valence-electron chi connectivity index (χ0n) is 16.8. The summed E-state index contributed by atoms with van der Waals surface area (Å²) in [6.45, 7) is 7.00. The van der Waals surface area contributed by atoms with Gasteiger partial charge in [0.2, 0.25) is 0 Å². The van der Waals surface area contributed by atoms with E-state index in [-0.39, 0.29) is 17.9 Å². The van der Waals surface area contributed by atoms with Crippen molar-refractivity contribution in [2.75, 3.05) is 13.2 Å². The normalized spacial score (nSPS) is 19.3. The molecule has 150 valence electrons. The van der Waals surface area contributed by atoms with Crippen LogP contribution >= 0.6 is 0 Å². The fourth-order valence-electron chi connectivity index (χ4n) is 3.53. The molecule has 1 aliphatic rings. The Bertz CT molecular complexity index is 996. The van der Waals surface area contributed by atoms with Gasteiger partial charge in [0.05, 0.1) is 13.2 Å². The second-order valence-electron chi connectivity index (χ2n) is 7.82. The van der Waals surface area contributed by atoms with Crippen LogP contribution < -0.4 is 0 Å². The molecule has 0 N–H and O–H groups in total. The van der Waals surface area contributed by atoms with Gasteiger partial charge in [0.1, 0.15) is 11.6 Å². The Morgan fingerprint density at radius 1 is 0.759 bits per heavy atom. The Morgan fingerprint density at radius 2 is 1.38 bits per heavy atom. The SMILES string of the molecule is Cc1cc(-c2ccc(-c3ccc(C4OCC(C)CO4)cc3)cc2F)cc(F)c1C. The summed E-state index contributed by atoms with van der Waals surface area (Å²) >= 11 is 0. The molecular formula is C25H24F2O2. The Kier molecular flexibility index (Phi) is 5.48. The van der Waals surface area contributed by atoms with Gasteiger partial charge in [-0.15, -0.1) is 0 Å². The largest absolute Gasteiger partial charge is 0.348 e. The number of ether oxygens (including phenoxy) is 2. The second-order valence-corrected chi connectivity index (χ2v) is 7.82. The van der Waals surface area contributed by atoms with Gasteiger partial charge in [-0.3, -0.25) is 0 Å². The Balaban J connectivity index is 1.58. The van der Waals surface area contributed by atoms with Crippen molar-refractivity contribution in [3.05, 3.63) is 82.9 Å². The van der Waals surface area contributed by atoms with Crippen molar-refractivity contribution in [1.82, 2.24) is 0 Å². The number of halogens is 2. The number of aryl methyl sites for hydroxylation is 1. The molecule has 4 rings (SSSR count). The quantitative estimate of drug-likeness (QED) is 0.498. The molecule has 0 bridgehead atoms. The third-order valence-corrected chi connectivity index (χ3v) is 5.46. The fraction of sp³-hybridized carbons (Fsp3) is 0.280. The van der Waals surface area contributed by atoms with Crippen LogP contribution in [0.2, 0.25) is 0 Å². The molecule has 1 saturated heterocycles. The predicted octanol–water partition coefficient (Wildman–Crippen LogP) is 6.60. The van der Waals surface area contributed by atoms with E-state index in [1.165, 1.54) is 12.1 Å². The molecule has 0 spiro atoms. The molecular weight excluding hydrogens is 370 g/mol. The lowest BCUT2D eigenvalue weighted by Crippen LogP contribution is -2.24. The van der Waals surface area contributed by atoms with Gasteiger partial charge >= 0.3 is 0 Å². The molecule has 29 heavy (non-hydrogen) atoms. The predicted molar refractivity (Wildman–Crippen MR) is 111 cm³/mol. The summed E-state index contributed by atoms with van der Waals surface area (Å²) in [6.07, 6.45) is -0.348. The molecule has 1 heterocycles. The maximum Gasteiger partial charge on any atom is 0.183 e. The third kappa shape index (κ3) is 4.09. The summed E-state index contributed by atoms with van der Waals surface area (Å²) < 4.78 is 40.3. The molecule has 0 atom stereocenters. The van der Waals surface area contributed by atoms with E-state index in [1.807, 2.05) is 43.3 Å². The van der Waals surface area contributed by atoms with E-state index < -0.39 is 0 Å². The van der Waals surface area contributed by atoms with Crippen LogP contribution in [-0.2, 0) is 9.47 Å².